The average molecular weight is 296 g/mol. The number of hydrogen-bond donors (Lipinski definition) is 1. The fourth-order valence-electron chi connectivity index (χ4n) is 2.13. The maximum Gasteiger partial charge on any atom is 0.282 e. The number of methoxy groups -OCH3 is 1. The molecule has 0 aromatic rings. The SMILES string of the molecule is COCCN(CCO)S(=O)(=O)N1CC(C)OC(C)C1. The lowest BCUT2D eigenvalue weighted by Gasteiger charge is -2.37. The van der Waals surface area contributed by atoms with E-state index in [0.717, 1.165) is 0 Å². The molecule has 0 radical (unpaired) electrons. The van der Waals surface area contributed by atoms with Gasteiger partial charge in [0.25, 0.3) is 10.2 Å². The zero-order valence-corrected chi connectivity index (χ0v) is 12.6. The van der Waals surface area contributed by atoms with Crippen molar-refractivity contribution in [2.45, 2.75) is 26.1 Å². The highest BCUT2D eigenvalue weighted by Crippen LogP contribution is 2.17. The van der Waals surface area contributed by atoms with Gasteiger partial charge in [-0.2, -0.15) is 17.0 Å². The molecule has 7 nitrogen and oxygen atoms in total. The first-order chi connectivity index (χ1) is 8.91. The van der Waals surface area contributed by atoms with Crippen molar-refractivity contribution in [3.05, 3.63) is 0 Å². The van der Waals surface area contributed by atoms with E-state index in [1.165, 1.54) is 15.7 Å². The van der Waals surface area contributed by atoms with E-state index in [4.69, 9.17) is 14.6 Å². The van der Waals surface area contributed by atoms with Gasteiger partial charge in [0.1, 0.15) is 0 Å². The van der Waals surface area contributed by atoms with Crippen molar-refractivity contribution in [3.63, 3.8) is 0 Å². The first kappa shape index (κ1) is 16.8. The molecule has 0 aliphatic carbocycles. The minimum absolute atomic E-state index is 0.0752. The van der Waals surface area contributed by atoms with Crippen LogP contribution in [-0.4, -0.2) is 80.8 Å². The Balaban J connectivity index is 2.79. The minimum atomic E-state index is -3.58. The third kappa shape index (κ3) is 4.66. The normalized spacial score (nSPS) is 25.9. The fourth-order valence-corrected chi connectivity index (χ4v) is 3.87. The molecule has 1 aliphatic rings. The van der Waals surface area contributed by atoms with Crippen molar-refractivity contribution < 1.29 is 23.0 Å². The van der Waals surface area contributed by atoms with Gasteiger partial charge in [0, 0.05) is 33.3 Å². The van der Waals surface area contributed by atoms with Crippen LogP contribution in [0, 0.1) is 0 Å². The molecule has 2 unspecified atom stereocenters. The Morgan fingerprint density at radius 3 is 2.37 bits per heavy atom. The first-order valence-electron chi connectivity index (χ1n) is 6.42. The van der Waals surface area contributed by atoms with Crippen LogP contribution in [0.1, 0.15) is 13.8 Å². The van der Waals surface area contributed by atoms with Gasteiger partial charge >= 0.3 is 0 Å². The molecule has 0 amide bonds. The number of aliphatic hydroxyl groups is 1. The molecule has 1 N–H and O–H groups in total. The third-order valence-corrected chi connectivity index (χ3v) is 4.90. The Kier molecular flexibility index (Phi) is 6.64. The van der Waals surface area contributed by atoms with E-state index in [2.05, 4.69) is 0 Å². The molecule has 2 atom stereocenters. The van der Waals surface area contributed by atoms with Crippen molar-refractivity contribution in [1.82, 2.24) is 8.61 Å². The smallest absolute Gasteiger partial charge is 0.282 e. The van der Waals surface area contributed by atoms with Gasteiger partial charge in [0.05, 0.1) is 25.4 Å². The largest absolute Gasteiger partial charge is 0.395 e. The molecule has 1 aliphatic heterocycles. The summed E-state index contributed by atoms with van der Waals surface area (Å²) in [5.74, 6) is 0. The second-order valence-electron chi connectivity index (χ2n) is 4.70. The van der Waals surface area contributed by atoms with Crippen LogP contribution in [0.3, 0.4) is 0 Å². The molecule has 1 heterocycles. The maximum atomic E-state index is 12.5. The van der Waals surface area contributed by atoms with Crippen LogP contribution in [0.4, 0.5) is 0 Å². The number of morpholine rings is 1. The van der Waals surface area contributed by atoms with Crippen LogP contribution >= 0.6 is 0 Å². The maximum absolute atomic E-state index is 12.5. The summed E-state index contributed by atoms with van der Waals surface area (Å²) in [5, 5.41) is 9.01. The molecule has 19 heavy (non-hydrogen) atoms. The molecule has 1 fully saturated rings. The molecule has 1 rings (SSSR count). The first-order valence-corrected chi connectivity index (χ1v) is 7.82. The quantitative estimate of drug-likeness (QED) is 0.671. The summed E-state index contributed by atoms with van der Waals surface area (Å²) in [6, 6.07) is 0. The van der Waals surface area contributed by atoms with Crippen molar-refractivity contribution in [3.8, 4) is 0 Å². The van der Waals surface area contributed by atoms with Gasteiger partial charge in [-0.05, 0) is 13.8 Å². The van der Waals surface area contributed by atoms with Crippen LogP contribution in [0.2, 0.25) is 0 Å². The monoisotopic (exact) mass is 296 g/mol. The summed E-state index contributed by atoms with van der Waals surface area (Å²) in [7, 11) is -2.06. The van der Waals surface area contributed by atoms with E-state index in [1.807, 2.05) is 13.8 Å². The number of nitrogens with zero attached hydrogens (tertiary/aromatic N) is 2. The van der Waals surface area contributed by atoms with Crippen molar-refractivity contribution in [2.75, 3.05) is 46.5 Å². The number of ether oxygens (including phenoxy) is 2. The molecule has 0 aromatic carbocycles. The van der Waals surface area contributed by atoms with Crippen LogP contribution in [0.5, 0.6) is 0 Å². The molecule has 0 bridgehead atoms. The molecular formula is C11H24N2O5S. The summed E-state index contributed by atoms with van der Waals surface area (Å²) in [6.45, 7) is 4.77. The summed E-state index contributed by atoms with van der Waals surface area (Å²) in [4.78, 5) is 0. The molecule has 0 aromatic heterocycles. The van der Waals surface area contributed by atoms with E-state index in [0.29, 0.717) is 19.7 Å². The lowest BCUT2D eigenvalue weighted by atomic mass is 10.3. The molecule has 8 heteroatoms. The van der Waals surface area contributed by atoms with Crippen molar-refractivity contribution >= 4 is 10.2 Å². The van der Waals surface area contributed by atoms with Gasteiger partial charge in [-0.3, -0.25) is 0 Å². The number of aliphatic hydroxyl groups excluding tert-OH is 1. The minimum Gasteiger partial charge on any atom is -0.395 e. The third-order valence-electron chi connectivity index (χ3n) is 2.93. The highest BCUT2D eigenvalue weighted by atomic mass is 32.2. The highest BCUT2D eigenvalue weighted by molar-refractivity contribution is 7.86. The highest BCUT2D eigenvalue weighted by Gasteiger charge is 2.34. The van der Waals surface area contributed by atoms with Gasteiger partial charge in [-0.15, -0.1) is 0 Å². The van der Waals surface area contributed by atoms with E-state index in [1.54, 1.807) is 0 Å². The van der Waals surface area contributed by atoms with Crippen molar-refractivity contribution in [2.24, 2.45) is 0 Å². The van der Waals surface area contributed by atoms with E-state index in [-0.39, 0.29) is 31.9 Å². The fraction of sp³-hybridized carbons (Fsp3) is 1.00. The standard InChI is InChI=1S/C11H24N2O5S/c1-10-8-13(9-11(2)18-10)19(15,16)12(4-6-14)5-7-17-3/h10-11,14H,4-9H2,1-3H3. The zero-order valence-electron chi connectivity index (χ0n) is 11.8. The molecule has 1 saturated heterocycles. The Labute approximate surface area is 115 Å². The van der Waals surface area contributed by atoms with Gasteiger partial charge < -0.3 is 14.6 Å². The molecule has 114 valence electrons. The predicted molar refractivity (Wildman–Crippen MR) is 71.0 cm³/mol. The van der Waals surface area contributed by atoms with Crippen LogP contribution in [0.25, 0.3) is 0 Å². The zero-order chi connectivity index (χ0) is 14.5. The Morgan fingerprint density at radius 2 is 1.89 bits per heavy atom. The summed E-state index contributed by atoms with van der Waals surface area (Å²) in [6.07, 6.45) is -0.256. The van der Waals surface area contributed by atoms with Gasteiger partial charge in [0.2, 0.25) is 0 Å². The molecule has 0 spiro atoms. The van der Waals surface area contributed by atoms with Crippen LogP contribution < -0.4 is 0 Å². The lowest BCUT2D eigenvalue weighted by Crippen LogP contribution is -2.54. The Morgan fingerprint density at radius 1 is 1.32 bits per heavy atom. The number of rotatable bonds is 7. The second-order valence-corrected chi connectivity index (χ2v) is 6.63. The number of hydrogen-bond acceptors (Lipinski definition) is 5. The second kappa shape index (κ2) is 7.51. The van der Waals surface area contributed by atoms with E-state index in [9.17, 15) is 8.42 Å². The predicted octanol–water partition coefficient (Wildman–Crippen LogP) is -0.719. The van der Waals surface area contributed by atoms with Crippen molar-refractivity contribution in [1.29, 1.82) is 0 Å². The van der Waals surface area contributed by atoms with E-state index < -0.39 is 10.2 Å². The topological polar surface area (TPSA) is 79.3 Å². The Hall–Kier alpha value is -0.250. The summed E-state index contributed by atoms with van der Waals surface area (Å²) >= 11 is 0. The summed E-state index contributed by atoms with van der Waals surface area (Å²) in [5.41, 5.74) is 0. The average Bonchev–Trinajstić information content (AvgIpc) is 2.33. The van der Waals surface area contributed by atoms with Gasteiger partial charge in [-0.25, -0.2) is 0 Å². The van der Waals surface area contributed by atoms with Crippen LogP contribution in [-0.2, 0) is 19.7 Å². The summed E-state index contributed by atoms with van der Waals surface area (Å²) < 4.78 is 38.1. The molecular weight excluding hydrogens is 272 g/mol. The van der Waals surface area contributed by atoms with Gasteiger partial charge in [-0.1, -0.05) is 0 Å². The lowest BCUT2D eigenvalue weighted by molar-refractivity contribution is -0.0456. The molecule has 0 saturated carbocycles. The van der Waals surface area contributed by atoms with Crippen LogP contribution in [0.15, 0.2) is 0 Å². The van der Waals surface area contributed by atoms with Gasteiger partial charge in [0.15, 0.2) is 0 Å². The van der Waals surface area contributed by atoms with E-state index >= 15 is 0 Å². The Bertz CT molecular complexity index is 352.